The van der Waals surface area contributed by atoms with E-state index in [1.54, 1.807) is 30.3 Å². The molecule has 2 aliphatic heterocycles. The third kappa shape index (κ3) is 3.67. The Hall–Kier alpha value is -3.93. The van der Waals surface area contributed by atoms with Crippen molar-refractivity contribution in [3.63, 3.8) is 0 Å². The van der Waals surface area contributed by atoms with Crippen LogP contribution in [0.5, 0.6) is 5.75 Å². The molecule has 1 fully saturated rings. The zero-order valence-electron chi connectivity index (χ0n) is 18.0. The Kier molecular flexibility index (Phi) is 5.21. The Morgan fingerprint density at radius 1 is 1.06 bits per heavy atom. The number of carbonyl (C=O) groups is 2. The van der Waals surface area contributed by atoms with Crippen LogP contribution in [-0.4, -0.2) is 27.8 Å². The van der Waals surface area contributed by atoms with Crippen LogP contribution in [-0.2, 0) is 22.6 Å². The van der Waals surface area contributed by atoms with Gasteiger partial charge in [0.05, 0.1) is 11.6 Å². The molecule has 0 spiro atoms. The van der Waals surface area contributed by atoms with Crippen molar-refractivity contribution in [1.29, 1.82) is 0 Å². The molecule has 1 saturated heterocycles. The number of nitrogens with zero attached hydrogens (tertiary/aromatic N) is 1. The van der Waals surface area contributed by atoms with Crippen molar-refractivity contribution < 1.29 is 23.8 Å². The number of halogens is 1. The van der Waals surface area contributed by atoms with Gasteiger partial charge in [-0.1, -0.05) is 48.5 Å². The van der Waals surface area contributed by atoms with E-state index in [2.05, 4.69) is 0 Å². The topological polar surface area (TPSA) is 66.8 Å². The summed E-state index contributed by atoms with van der Waals surface area (Å²) >= 11 is 0. The summed E-state index contributed by atoms with van der Waals surface area (Å²) in [6.45, 7) is 2.06. The predicted molar refractivity (Wildman–Crippen MR) is 121 cm³/mol. The molecule has 1 amide bonds. The number of ether oxygens (including phenoxy) is 1. The number of likely N-dealkylation sites (tertiary alicyclic amines) is 1. The van der Waals surface area contributed by atoms with Gasteiger partial charge in [0.2, 0.25) is 0 Å². The molecule has 0 bridgehead atoms. The molecule has 6 heteroatoms. The minimum atomic E-state index is -1.05. The Balaban J connectivity index is 1.65. The van der Waals surface area contributed by atoms with Gasteiger partial charge >= 0.3 is 0 Å². The Morgan fingerprint density at radius 3 is 2.55 bits per heavy atom. The van der Waals surface area contributed by atoms with Gasteiger partial charge in [-0.2, -0.15) is 0 Å². The summed E-state index contributed by atoms with van der Waals surface area (Å²) < 4.78 is 20.6. The van der Waals surface area contributed by atoms with Gasteiger partial charge in [-0.25, -0.2) is 4.39 Å². The lowest BCUT2D eigenvalue weighted by Crippen LogP contribution is -2.29. The first-order chi connectivity index (χ1) is 15.9. The van der Waals surface area contributed by atoms with Crippen molar-refractivity contribution >= 4 is 17.4 Å². The van der Waals surface area contributed by atoms with E-state index in [0.717, 1.165) is 16.9 Å². The number of carbonyl (C=O) groups excluding carboxylic acids is 2. The van der Waals surface area contributed by atoms with Crippen molar-refractivity contribution in [3.8, 4) is 5.75 Å². The molecule has 2 heterocycles. The van der Waals surface area contributed by atoms with E-state index in [1.807, 2.05) is 37.3 Å². The van der Waals surface area contributed by atoms with Crippen LogP contribution in [0.2, 0.25) is 0 Å². The number of fused-ring (bicyclic) bond motifs is 1. The fraction of sp³-hybridized carbons (Fsp3) is 0.185. The number of Topliss-reactive ketones (excluding diaryl/α,β-unsaturated/α-hetero) is 1. The minimum Gasteiger partial charge on any atom is -0.507 e. The highest BCUT2D eigenvalue weighted by molar-refractivity contribution is 6.46. The maximum absolute atomic E-state index is 14.9. The van der Waals surface area contributed by atoms with Crippen molar-refractivity contribution in [2.45, 2.75) is 32.0 Å². The van der Waals surface area contributed by atoms with Crippen LogP contribution in [0, 0.1) is 5.82 Å². The summed E-state index contributed by atoms with van der Waals surface area (Å²) in [5.74, 6) is -1.74. The normalized spacial score (nSPS) is 21.2. The smallest absolute Gasteiger partial charge is 0.295 e. The Labute approximate surface area is 190 Å². The molecule has 3 aromatic rings. The van der Waals surface area contributed by atoms with E-state index < -0.39 is 23.5 Å². The predicted octanol–water partition coefficient (Wildman–Crippen LogP) is 4.77. The van der Waals surface area contributed by atoms with E-state index >= 15 is 0 Å². The Morgan fingerprint density at radius 2 is 1.79 bits per heavy atom. The molecular formula is C27H22FNO4. The van der Waals surface area contributed by atoms with Gasteiger partial charge in [-0.05, 0) is 42.3 Å². The van der Waals surface area contributed by atoms with Gasteiger partial charge in [0.15, 0.2) is 0 Å². The van der Waals surface area contributed by atoms with Gasteiger partial charge in [0.1, 0.15) is 23.4 Å². The molecule has 1 N–H and O–H groups in total. The molecule has 2 atom stereocenters. The van der Waals surface area contributed by atoms with Crippen molar-refractivity contribution in [2.24, 2.45) is 0 Å². The number of hydrogen-bond acceptors (Lipinski definition) is 4. The summed E-state index contributed by atoms with van der Waals surface area (Å²) in [5.41, 5.74) is 2.14. The monoisotopic (exact) mass is 443 g/mol. The summed E-state index contributed by atoms with van der Waals surface area (Å²) in [6, 6.07) is 19.3. The Bertz CT molecular complexity index is 1280. The second-order valence-corrected chi connectivity index (χ2v) is 8.39. The first-order valence-corrected chi connectivity index (χ1v) is 10.8. The fourth-order valence-electron chi connectivity index (χ4n) is 4.57. The SMILES string of the molecule is C[C@@H]1Cc2cc(/C(O)=C3\C(=O)C(=O)N(Cc4ccccc4)[C@H]3c3ccccc3F)ccc2O1. The lowest BCUT2D eigenvalue weighted by atomic mass is 9.94. The van der Waals surface area contributed by atoms with Crippen LogP contribution in [0.3, 0.4) is 0 Å². The third-order valence-electron chi connectivity index (χ3n) is 6.10. The second-order valence-electron chi connectivity index (χ2n) is 8.39. The van der Waals surface area contributed by atoms with Gasteiger partial charge in [-0.15, -0.1) is 0 Å². The molecule has 0 saturated carbocycles. The number of benzene rings is 3. The van der Waals surface area contributed by atoms with Gasteiger partial charge in [0, 0.05) is 24.1 Å². The number of rotatable bonds is 4. The van der Waals surface area contributed by atoms with Crippen LogP contribution >= 0.6 is 0 Å². The lowest BCUT2D eigenvalue weighted by molar-refractivity contribution is -0.140. The van der Waals surface area contributed by atoms with Gasteiger partial charge in [0.25, 0.3) is 11.7 Å². The number of ketones is 1. The van der Waals surface area contributed by atoms with E-state index in [-0.39, 0.29) is 29.5 Å². The van der Waals surface area contributed by atoms with Crippen LogP contribution in [0.4, 0.5) is 4.39 Å². The average molecular weight is 443 g/mol. The number of amides is 1. The molecule has 33 heavy (non-hydrogen) atoms. The molecule has 0 unspecified atom stereocenters. The number of aliphatic hydroxyl groups is 1. The summed E-state index contributed by atoms with van der Waals surface area (Å²) in [5, 5.41) is 11.2. The fourth-order valence-corrected chi connectivity index (χ4v) is 4.57. The first kappa shape index (κ1) is 20.9. The summed E-state index contributed by atoms with van der Waals surface area (Å²) in [6.07, 6.45) is 0.697. The molecule has 0 aliphatic carbocycles. The zero-order chi connectivity index (χ0) is 23.1. The highest BCUT2D eigenvalue weighted by Gasteiger charge is 2.47. The van der Waals surface area contributed by atoms with Crippen LogP contribution in [0.25, 0.3) is 5.76 Å². The van der Waals surface area contributed by atoms with E-state index in [1.165, 1.54) is 17.0 Å². The minimum absolute atomic E-state index is 0.0206. The summed E-state index contributed by atoms with van der Waals surface area (Å²) in [4.78, 5) is 27.5. The number of hydrogen-bond donors (Lipinski definition) is 1. The quantitative estimate of drug-likeness (QED) is 0.358. The third-order valence-corrected chi connectivity index (χ3v) is 6.10. The van der Waals surface area contributed by atoms with Crippen molar-refractivity contribution in [1.82, 2.24) is 4.90 Å². The van der Waals surface area contributed by atoms with Crippen molar-refractivity contribution in [2.75, 3.05) is 0 Å². The van der Waals surface area contributed by atoms with Gasteiger partial charge in [-0.3, -0.25) is 9.59 Å². The highest BCUT2D eigenvalue weighted by Crippen LogP contribution is 2.42. The van der Waals surface area contributed by atoms with Gasteiger partial charge < -0.3 is 14.7 Å². The molecule has 3 aromatic carbocycles. The standard InChI is InChI=1S/C27H22FNO4/c1-16-13-19-14-18(11-12-22(19)33-16)25(30)23-24(20-9-5-6-10-21(20)28)29(27(32)26(23)31)15-17-7-3-2-4-8-17/h2-12,14,16,24,30H,13,15H2,1H3/b25-23+/t16-,24+/m1/s1. The van der Waals surface area contributed by atoms with Crippen LogP contribution in [0.1, 0.15) is 35.2 Å². The molecular weight excluding hydrogens is 421 g/mol. The van der Waals surface area contributed by atoms with E-state index in [9.17, 15) is 19.1 Å². The molecule has 5 rings (SSSR count). The molecule has 166 valence electrons. The first-order valence-electron chi connectivity index (χ1n) is 10.8. The summed E-state index contributed by atoms with van der Waals surface area (Å²) in [7, 11) is 0. The molecule has 0 radical (unpaired) electrons. The molecule has 2 aliphatic rings. The zero-order valence-corrected chi connectivity index (χ0v) is 18.0. The van der Waals surface area contributed by atoms with Crippen LogP contribution < -0.4 is 4.74 Å². The maximum atomic E-state index is 14.9. The van der Waals surface area contributed by atoms with Crippen LogP contribution in [0.15, 0.2) is 78.4 Å². The maximum Gasteiger partial charge on any atom is 0.295 e. The van der Waals surface area contributed by atoms with E-state index in [0.29, 0.717) is 12.0 Å². The number of aliphatic hydroxyl groups excluding tert-OH is 1. The van der Waals surface area contributed by atoms with Crippen molar-refractivity contribution in [3.05, 3.63) is 106 Å². The lowest BCUT2D eigenvalue weighted by Gasteiger charge is -2.25. The second kappa shape index (κ2) is 8.20. The molecule has 0 aromatic heterocycles. The largest absolute Gasteiger partial charge is 0.507 e. The molecule has 5 nitrogen and oxygen atoms in total. The average Bonchev–Trinajstić information content (AvgIpc) is 3.31. The van der Waals surface area contributed by atoms with E-state index in [4.69, 9.17) is 4.74 Å². The highest BCUT2D eigenvalue weighted by atomic mass is 19.1.